The molecule has 0 radical (unpaired) electrons. The minimum atomic E-state index is -3.55. The van der Waals surface area contributed by atoms with Crippen molar-refractivity contribution in [2.24, 2.45) is 0 Å². The van der Waals surface area contributed by atoms with Crippen LogP contribution in [0.1, 0.15) is 25.0 Å². The van der Waals surface area contributed by atoms with Crippen LogP contribution in [0.5, 0.6) is 0 Å². The summed E-state index contributed by atoms with van der Waals surface area (Å²) in [4.78, 5) is 0.378. The van der Waals surface area contributed by atoms with Gasteiger partial charge in [0.05, 0.1) is 4.90 Å². The van der Waals surface area contributed by atoms with E-state index in [1.807, 2.05) is 38.1 Å². The zero-order chi connectivity index (χ0) is 15.5. The van der Waals surface area contributed by atoms with Gasteiger partial charge in [0.1, 0.15) is 0 Å². The van der Waals surface area contributed by atoms with Gasteiger partial charge < -0.3 is 0 Å². The Morgan fingerprint density at radius 3 is 2.24 bits per heavy atom. The number of rotatable bonds is 5. The van der Waals surface area contributed by atoms with Gasteiger partial charge in [0.2, 0.25) is 0 Å². The molecule has 5 heteroatoms. The van der Waals surface area contributed by atoms with Gasteiger partial charge in [0, 0.05) is 9.26 Å². The number of benzene rings is 2. The summed E-state index contributed by atoms with van der Waals surface area (Å²) in [5.74, 6) is 0. The molecule has 0 aromatic heterocycles. The quantitative estimate of drug-likeness (QED) is 0.744. The molecule has 0 fully saturated rings. The fourth-order valence-corrected chi connectivity index (χ4v) is 3.87. The van der Waals surface area contributed by atoms with Gasteiger partial charge in [-0.1, -0.05) is 26.0 Å². The molecule has 0 aliphatic heterocycles. The summed E-state index contributed by atoms with van der Waals surface area (Å²) in [6.07, 6.45) is 1.50. The summed E-state index contributed by atoms with van der Waals surface area (Å²) < 4.78 is 29.0. The predicted octanol–water partition coefficient (Wildman–Crippen LogP) is 4.22. The molecule has 0 aliphatic carbocycles. The van der Waals surface area contributed by atoms with Crippen LogP contribution in [0.3, 0.4) is 0 Å². The molecule has 3 nitrogen and oxygen atoms in total. The Morgan fingerprint density at radius 2 is 1.67 bits per heavy atom. The molecule has 0 aliphatic rings. The molecule has 2 rings (SSSR count). The Morgan fingerprint density at radius 1 is 1.00 bits per heavy atom. The van der Waals surface area contributed by atoms with E-state index in [2.05, 4.69) is 27.3 Å². The highest BCUT2D eigenvalue weighted by Crippen LogP contribution is 2.22. The van der Waals surface area contributed by atoms with E-state index in [0.717, 1.165) is 21.1 Å². The van der Waals surface area contributed by atoms with E-state index >= 15 is 0 Å². The van der Waals surface area contributed by atoms with Crippen molar-refractivity contribution in [3.05, 3.63) is 57.2 Å². The summed E-state index contributed by atoms with van der Waals surface area (Å²) in [6, 6.07) is 13.0. The first-order chi connectivity index (χ1) is 9.96. The SMILES string of the molecule is CCc1ccc(CC)c(S(=O)(=O)Nc2ccc(I)cc2)c1. The van der Waals surface area contributed by atoms with Crippen LogP contribution < -0.4 is 4.72 Å². The van der Waals surface area contributed by atoms with Gasteiger partial charge in [-0.3, -0.25) is 4.72 Å². The number of nitrogens with one attached hydrogen (secondary N) is 1. The third kappa shape index (κ3) is 3.97. The second-order valence-electron chi connectivity index (χ2n) is 4.76. The van der Waals surface area contributed by atoms with Crippen LogP contribution in [0.4, 0.5) is 5.69 Å². The third-order valence-corrected chi connectivity index (χ3v) is 5.49. The summed E-state index contributed by atoms with van der Waals surface area (Å²) >= 11 is 2.19. The number of sulfonamides is 1. The van der Waals surface area contributed by atoms with Crippen LogP contribution in [0.15, 0.2) is 47.4 Å². The Kier molecular flexibility index (Phi) is 5.27. The van der Waals surface area contributed by atoms with Gasteiger partial charge in [-0.15, -0.1) is 0 Å². The topological polar surface area (TPSA) is 46.2 Å². The monoisotopic (exact) mass is 415 g/mol. The fraction of sp³-hybridized carbons (Fsp3) is 0.250. The third-order valence-electron chi connectivity index (χ3n) is 3.31. The highest BCUT2D eigenvalue weighted by atomic mass is 127. The van der Waals surface area contributed by atoms with Crippen LogP contribution in [0, 0.1) is 3.57 Å². The Bertz CT molecular complexity index is 724. The van der Waals surface area contributed by atoms with E-state index in [4.69, 9.17) is 0 Å². The molecule has 0 amide bonds. The number of anilines is 1. The number of hydrogen-bond acceptors (Lipinski definition) is 2. The average Bonchev–Trinajstić information content (AvgIpc) is 2.48. The van der Waals surface area contributed by atoms with Crippen molar-refractivity contribution in [1.29, 1.82) is 0 Å². The van der Waals surface area contributed by atoms with E-state index in [0.29, 0.717) is 17.0 Å². The van der Waals surface area contributed by atoms with Gasteiger partial charge >= 0.3 is 0 Å². The van der Waals surface area contributed by atoms with Crippen LogP contribution in [0.25, 0.3) is 0 Å². The molecule has 0 spiro atoms. The van der Waals surface area contributed by atoms with Crippen LogP contribution in [-0.4, -0.2) is 8.42 Å². The summed E-state index contributed by atoms with van der Waals surface area (Å²) in [5, 5.41) is 0. The number of hydrogen-bond donors (Lipinski definition) is 1. The maximum absolute atomic E-state index is 12.6. The summed E-state index contributed by atoms with van der Waals surface area (Å²) in [5.41, 5.74) is 2.44. The van der Waals surface area contributed by atoms with Crippen molar-refractivity contribution in [3.63, 3.8) is 0 Å². The first-order valence-electron chi connectivity index (χ1n) is 6.86. The van der Waals surface area contributed by atoms with Gasteiger partial charge in [0.25, 0.3) is 10.0 Å². The van der Waals surface area contributed by atoms with Gasteiger partial charge in [-0.2, -0.15) is 0 Å². The normalized spacial score (nSPS) is 11.4. The van der Waals surface area contributed by atoms with Crippen LogP contribution >= 0.6 is 22.6 Å². The van der Waals surface area contributed by atoms with Gasteiger partial charge in [-0.25, -0.2) is 8.42 Å². The Balaban J connectivity index is 2.41. The molecule has 112 valence electrons. The fourth-order valence-electron chi connectivity index (χ4n) is 2.09. The van der Waals surface area contributed by atoms with Gasteiger partial charge in [-0.05, 0) is 76.9 Å². The summed E-state index contributed by atoms with van der Waals surface area (Å²) in [6.45, 7) is 3.98. The van der Waals surface area contributed by atoms with E-state index in [1.165, 1.54) is 0 Å². The maximum atomic E-state index is 12.6. The lowest BCUT2D eigenvalue weighted by atomic mass is 10.1. The van der Waals surface area contributed by atoms with Crippen molar-refractivity contribution in [2.45, 2.75) is 31.6 Å². The molecule has 1 N–H and O–H groups in total. The van der Waals surface area contributed by atoms with Crippen molar-refractivity contribution >= 4 is 38.3 Å². The molecule has 0 saturated carbocycles. The maximum Gasteiger partial charge on any atom is 0.262 e. The zero-order valence-electron chi connectivity index (χ0n) is 12.1. The molecule has 21 heavy (non-hydrogen) atoms. The molecule has 0 unspecified atom stereocenters. The predicted molar refractivity (Wildman–Crippen MR) is 95.2 cm³/mol. The minimum Gasteiger partial charge on any atom is -0.280 e. The molecule has 0 heterocycles. The van der Waals surface area contributed by atoms with E-state index < -0.39 is 10.0 Å². The van der Waals surface area contributed by atoms with Gasteiger partial charge in [0.15, 0.2) is 0 Å². The van der Waals surface area contributed by atoms with Crippen molar-refractivity contribution in [2.75, 3.05) is 4.72 Å². The molecule has 0 atom stereocenters. The van der Waals surface area contributed by atoms with E-state index in [9.17, 15) is 8.42 Å². The molecule has 0 saturated heterocycles. The van der Waals surface area contributed by atoms with Crippen molar-refractivity contribution in [3.8, 4) is 0 Å². The highest BCUT2D eigenvalue weighted by molar-refractivity contribution is 14.1. The molecular weight excluding hydrogens is 397 g/mol. The van der Waals surface area contributed by atoms with Crippen molar-refractivity contribution < 1.29 is 8.42 Å². The minimum absolute atomic E-state index is 0.378. The summed E-state index contributed by atoms with van der Waals surface area (Å²) in [7, 11) is -3.55. The first-order valence-corrected chi connectivity index (χ1v) is 9.42. The van der Waals surface area contributed by atoms with E-state index in [1.54, 1.807) is 18.2 Å². The standard InChI is InChI=1S/C16H18INO2S/c1-3-12-5-6-13(4-2)16(11-12)21(19,20)18-15-9-7-14(17)8-10-15/h5-11,18H,3-4H2,1-2H3. The number of halogens is 1. The lowest BCUT2D eigenvalue weighted by Gasteiger charge is -2.13. The molecule has 0 bridgehead atoms. The molecular formula is C16H18INO2S. The second kappa shape index (κ2) is 6.79. The van der Waals surface area contributed by atoms with E-state index in [-0.39, 0.29) is 0 Å². The molecule has 2 aromatic carbocycles. The highest BCUT2D eigenvalue weighted by Gasteiger charge is 2.18. The van der Waals surface area contributed by atoms with Crippen molar-refractivity contribution in [1.82, 2.24) is 0 Å². The Labute approximate surface area is 140 Å². The zero-order valence-corrected chi connectivity index (χ0v) is 15.0. The lowest BCUT2D eigenvalue weighted by Crippen LogP contribution is -2.15. The van der Waals surface area contributed by atoms with Crippen LogP contribution in [-0.2, 0) is 22.9 Å². The number of aryl methyl sites for hydroxylation is 2. The largest absolute Gasteiger partial charge is 0.280 e. The molecule has 2 aromatic rings. The Hall–Kier alpha value is -1.08. The second-order valence-corrected chi connectivity index (χ2v) is 7.66. The van der Waals surface area contributed by atoms with Crippen LogP contribution in [0.2, 0.25) is 0 Å². The first kappa shape index (κ1) is 16.3. The average molecular weight is 415 g/mol. The smallest absolute Gasteiger partial charge is 0.262 e. The lowest BCUT2D eigenvalue weighted by molar-refractivity contribution is 0.600.